The van der Waals surface area contributed by atoms with Crippen LogP contribution in [0.1, 0.15) is 53.4 Å². The fourth-order valence-corrected chi connectivity index (χ4v) is 6.80. The van der Waals surface area contributed by atoms with Crippen molar-refractivity contribution in [1.29, 1.82) is 0 Å². The van der Waals surface area contributed by atoms with Crippen LogP contribution >= 0.6 is 0 Å². The lowest BCUT2D eigenvalue weighted by molar-refractivity contribution is -0.0218. The summed E-state index contributed by atoms with van der Waals surface area (Å²) in [5.74, 6) is 1.06. The molecule has 2 heterocycles. The molecule has 0 aromatic heterocycles. The molecular weight excluding hydrogens is 458 g/mol. The van der Waals surface area contributed by atoms with Crippen molar-refractivity contribution in [3.05, 3.63) is 95.1 Å². The highest BCUT2D eigenvalue weighted by Gasteiger charge is 2.34. The van der Waals surface area contributed by atoms with Gasteiger partial charge in [0, 0.05) is 44.3 Å². The third kappa shape index (κ3) is 5.26. The number of β-amino-alcohol motifs (C(OH)–C–C–N with tert-alkyl or cyclic N) is 1. The molecule has 0 spiro atoms. The van der Waals surface area contributed by atoms with Crippen LogP contribution in [0.3, 0.4) is 0 Å². The van der Waals surface area contributed by atoms with E-state index < -0.39 is 5.60 Å². The zero-order valence-corrected chi connectivity index (χ0v) is 21.6. The number of phenols is 1. The number of aryl methyl sites for hydroxylation is 1. The van der Waals surface area contributed by atoms with E-state index in [9.17, 15) is 10.2 Å². The molecule has 2 fully saturated rings. The van der Waals surface area contributed by atoms with Crippen LogP contribution in [0.5, 0.6) is 5.75 Å². The Kier molecular flexibility index (Phi) is 6.94. The van der Waals surface area contributed by atoms with E-state index in [2.05, 4.69) is 75.8 Å². The Morgan fingerprint density at radius 1 is 0.838 bits per heavy atom. The molecule has 6 rings (SSSR count). The number of nitrogens with zero attached hydrogens (tertiary/aromatic N) is 2. The van der Waals surface area contributed by atoms with Gasteiger partial charge in [0.1, 0.15) is 5.75 Å². The number of phenolic OH excluding ortho intramolecular Hbond substituents is 1. The van der Waals surface area contributed by atoms with Crippen molar-refractivity contribution in [2.24, 2.45) is 0 Å². The molecule has 0 saturated carbocycles. The lowest BCUT2D eigenvalue weighted by Crippen LogP contribution is -2.54. The summed E-state index contributed by atoms with van der Waals surface area (Å²) in [5.41, 5.74) is 6.10. The Balaban J connectivity index is 1.18. The summed E-state index contributed by atoms with van der Waals surface area (Å²) in [4.78, 5) is 4.92. The molecular formula is C32H39N3O2. The van der Waals surface area contributed by atoms with Gasteiger partial charge in [-0.05, 0) is 91.2 Å². The number of aliphatic hydroxyl groups is 1. The molecule has 2 saturated heterocycles. The quantitative estimate of drug-likeness (QED) is 0.485. The third-order valence-corrected chi connectivity index (χ3v) is 8.86. The van der Waals surface area contributed by atoms with Crippen molar-refractivity contribution >= 4 is 5.69 Å². The fourth-order valence-electron chi connectivity index (χ4n) is 6.80. The van der Waals surface area contributed by atoms with Crippen molar-refractivity contribution in [2.75, 3.05) is 50.7 Å². The monoisotopic (exact) mass is 497 g/mol. The third-order valence-electron chi connectivity index (χ3n) is 8.86. The van der Waals surface area contributed by atoms with Crippen LogP contribution in [0.15, 0.2) is 72.8 Å². The number of rotatable bonds is 5. The highest BCUT2D eigenvalue weighted by Crippen LogP contribution is 2.47. The molecule has 1 aliphatic carbocycles. The Morgan fingerprint density at radius 3 is 2.30 bits per heavy atom. The van der Waals surface area contributed by atoms with E-state index in [4.69, 9.17) is 0 Å². The van der Waals surface area contributed by atoms with Crippen molar-refractivity contribution < 1.29 is 10.2 Å². The van der Waals surface area contributed by atoms with E-state index in [0.29, 0.717) is 11.7 Å². The van der Waals surface area contributed by atoms with Crippen molar-refractivity contribution in [2.45, 2.75) is 43.1 Å². The number of fused-ring (bicyclic) bond motifs is 1. The minimum atomic E-state index is -0.530. The number of hydrogen-bond acceptors (Lipinski definition) is 5. The average molecular weight is 498 g/mol. The highest BCUT2D eigenvalue weighted by atomic mass is 16.3. The number of nitrogens with one attached hydrogen (secondary N) is 1. The molecule has 194 valence electrons. The smallest absolute Gasteiger partial charge is 0.115 e. The van der Waals surface area contributed by atoms with Crippen molar-refractivity contribution in [3.63, 3.8) is 0 Å². The predicted molar refractivity (Wildman–Crippen MR) is 150 cm³/mol. The molecule has 3 aromatic rings. The van der Waals surface area contributed by atoms with Gasteiger partial charge in [0.2, 0.25) is 0 Å². The fraction of sp³-hybridized carbons (Fsp3) is 0.438. The van der Waals surface area contributed by atoms with Crippen molar-refractivity contribution in [1.82, 2.24) is 10.2 Å². The highest BCUT2D eigenvalue weighted by molar-refractivity contribution is 5.52. The Labute approximate surface area is 220 Å². The average Bonchev–Trinajstić information content (AvgIpc) is 2.93. The van der Waals surface area contributed by atoms with E-state index in [1.165, 1.54) is 27.9 Å². The number of piperidine rings is 1. The second kappa shape index (κ2) is 10.5. The summed E-state index contributed by atoms with van der Waals surface area (Å²) in [5, 5.41) is 24.4. The molecule has 3 aromatic carbocycles. The first-order chi connectivity index (χ1) is 18.1. The van der Waals surface area contributed by atoms with Gasteiger partial charge in [0.05, 0.1) is 5.60 Å². The van der Waals surface area contributed by atoms with Crippen LogP contribution in [0.25, 0.3) is 0 Å². The van der Waals surface area contributed by atoms with Gasteiger partial charge in [-0.1, -0.05) is 48.5 Å². The van der Waals surface area contributed by atoms with Gasteiger partial charge in [0.15, 0.2) is 0 Å². The lowest BCUT2D eigenvalue weighted by atomic mass is 9.69. The summed E-state index contributed by atoms with van der Waals surface area (Å²) in [6.07, 6.45) is 3.77. The summed E-state index contributed by atoms with van der Waals surface area (Å²) < 4.78 is 0. The van der Waals surface area contributed by atoms with Gasteiger partial charge in [-0.2, -0.15) is 0 Å². The maximum atomic E-state index is 10.9. The number of aromatic hydroxyl groups is 1. The van der Waals surface area contributed by atoms with E-state index in [-0.39, 0.29) is 5.92 Å². The van der Waals surface area contributed by atoms with Gasteiger partial charge in [-0.3, -0.25) is 4.90 Å². The number of piperazine rings is 1. The molecule has 5 nitrogen and oxygen atoms in total. The number of hydrogen-bond donors (Lipinski definition) is 3. The maximum Gasteiger partial charge on any atom is 0.115 e. The maximum absolute atomic E-state index is 10.9. The molecule has 0 bridgehead atoms. The minimum Gasteiger partial charge on any atom is -0.508 e. The SMILES string of the molecule is Oc1ccc2c(c1)CCC(c1ccccc1)[C@@H]2c1ccc(N2CCN(CC3(O)CCNCC3)CC2)cc1. The predicted octanol–water partition coefficient (Wildman–Crippen LogP) is 4.49. The van der Waals surface area contributed by atoms with Crippen LogP contribution in [0.4, 0.5) is 5.69 Å². The van der Waals surface area contributed by atoms with E-state index in [0.717, 1.165) is 71.5 Å². The Bertz CT molecular complexity index is 1180. The summed E-state index contributed by atoms with van der Waals surface area (Å²) in [6.45, 7) is 6.60. The molecule has 2 aliphatic heterocycles. The topological polar surface area (TPSA) is 59.0 Å². The van der Waals surface area contributed by atoms with Crippen LogP contribution in [-0.2, 0) is 6.42 Å². The second-order valence-corrected chi connectivity index (χ2v) is 11.2. The van der Waals surface area contributed by atoms with Crippen LogP contribution in [-0.4, -0.2) is 66.5 Å². The first-order valence-electron chi connectivity index (χ1n) is 14.0. The second-order valence-electron chi connectivity index (χ2n) is 11.2. The minimum absolute atomic E-state index is 0.281. The van der Waals surface area contributed by atoms with Crippen LogP contribution in [0, 0.1) is 0 Å². The Morgan fingerprint density at radius 2 is 1.57 bits per heavy atom. The first kappa shape index (κ1) is 24.5. The number of anilines is 1. The van der Waals surface area contributed by atoms with E-state index in [1.807, 2.05) is 12.1 Å². The zero-order chi connectivity index (χ0) is 25.2. The van der Waals surface area contributed by atoms with Gasteiger partial charge < -0.3 is 20.4 Å². The molecule has 3 N–H and O–H groups in total. The van der Waals surface area contributed by atoms with Gasteiger partial charge in [-0.15, -0.1) is 0 Å². The van der Waals surface area contributed by atoms with Gasteiger partial charge in [-0.25, -0.2) is 0 Å². The largest absolute Gasteiger partial charge is 0.508 e. The summed E-state index contributed by atoms with van der Waals surface area (Å²) >= 11 is 0. The molecule has 0 amide bonds. The van der Waals surface area contributed by atoms with Crippen molar-refractivity contribution in [3.8, 4) is 5.75 Å². The molecule has 2 atom stereocenters. The van der Waals surface area contributed by atoms with Gasteiger partial charge >= 0.3 is 0 Å². The standard InChI is InChI=1S/C32H39N3O2/c36-28-11-13-30-26(22-28)8-12-29(24-4-2-1-3-5-24)31(30)25-6-9-27(10-7-25)35-20-18-34(19-21-35)23-32(37)14-16-33-17-15-32/h1-7,9-11,13,22,29,31,33,36-37H,8,12,14-21,23H2/t29?,31-/m0/s1. The van der Waals surface area contributed by atoms with E-state index in [1.54, 1.807) is 0 Å². The normalized spacial score (nSPS) is 24.0. The number of benzene rings is 3. The molecule has 37 heavy (non-hydrogen) atoms. The molecule has 1 unspecified atom stereocenters. The molecule has 0 radical (unpaired) electrons. The summed E-state index contributed by atoms with van der Waals surface area (Å²) in [7, 11) is 0. The lowest BCUT2D eigenvalue weighted by Gasteiger charge is -2.41. The molecule has 3 aliphatic rings. The first-order valence-corrected chi connectivity index (χ1v) is 14.0. The Hall–Kier alpha value is -2.86. The molecule has 5 heteroatoms. The van der Waals surface area contributed by atoms with E-state index >= 15 is 0 Å². The summed E-state index contributed by atoms with van der Waals surface area (Å²) in [6, 6.07) is 26.1. The van der Waals surface area contributed by atoms with Gasteiger partial charge in [0.25, 0.3) is 0 Å². The van der Waals surface area contributed by atoms with Crippen LogP contribution in [0.2, 0.25) is 0 Å². The van der Waals surface area contributed by atoms with Crippen LogP contribution < -0.4 is 10.2 Å². The zero-order valence-electron chi connectivity index (χ0n) is 21.6.